The second kappa shape index (κ2) is 6.09. The fourth-order valence-corrected chi connectivity index (χ4v) is 4.32. The zero-order valence-electron chi connectivity index (χ0n) is 12.2. The van der Waals surface area contributed by atoms with Gasteiger partial charge in [0, 0.05) is 29.4 Å². The molecule has 3 aromatic rings. The number of fused-ring (bicyclic) bond motifs is 1. The average Bonchev–Trinajstić information content (AvgIpc) is 3.14. The predicted octanol–water partition coefficient (Wildman–Crippen LogP) is 5.12. The molecule has 120 valence electrons. The molecule has 23 heavy (non-hydrogen) atoms. The van der Waals surface area contributed by atoms with Crippen LogP contribution in [0.5, 0.6) is 0 Å². The summed E-state index contributed by atoms with van der Waals surface area (Å²) in [7, 11) is 0. The van der Waals surface area contributed by atoms with Crippen molar-refractivity contribution in [3.05, 3.63) is 43.8 Å². The number of nitrogens with zero attached hydrogens (tertiary/aromatic N) is 1. The molecular weight excluding hydrogens is 398 g/mol. The number of halogens is 2. The van der Waals surface area contributed by atoms with Gasteiger partial charge in [0.05, 0.1) is 10.2 Å². The lowest BCUT2D eigenvalue weighted by Crippen LogP contribution is -2.37. The number of nitrogens with two attached hydrogens (primary N) is 1. The Morgan fingerprint density at radius 2 is 2.35 bits per heavy atom. The molecule has 0 radical (unpaired) electrons. The Kier molecular flexibility index (Phi) is 4.09. The normalized spacial score (nSPS) is 20.7. The van der Waals surface area contributed by atoms with Crippen LogP contribution in [0.4, 0.5) is 5.69 Å². The van der Waals surface area contributed by atoms with Crippen LogP contribution < -0.4 is 11.1 Å². The van der Waals surface area contributed by atoms with Gasteiger partial charge in [-0.15, -0.1) is 11.3 Å². The van der Waals surface area contributed by atoms with Crippen molar-refractivity contribution in [2.75, 3.05) is 5.32 Å². The first-order valence-electron chi connectivity index (χ1n) is 7.43. The van der Waals surface area contributed by atoms with E-state index in [2.05, 4.69) is 37.7 Å². The summed E-state index contributed by atoms with van der Waals surface area (Å²) in [5, 5.41) is 5.90. The molecule has 0 aromatic carbocycles. The van der Waals surface area contributed by atoms with Crippen LogP contribution in [0, 0.1) is 0 Å². The van der Waals surface area contributed by atoms with Crippen LogP contribution in [-0.2, 0) is 6.54 Å². The summed E-state index contributed by atoms with van der Waals surface area (Å²) < 4.78 is 6.99. The molecule has 3 N–H and O–H groups in total. The first-order valence-corrected chi connectivity index (χ1v) is 9.49. The maximum Gasteiger partial charge on any atom is 0.177 e. The highest BCUT2D eigenvalue weighted by Gasteiger charge is 2.34. The highest BCUT2D eigenvalue weighted by atomic mass is 79.9. The Hall–Kier alpha value is -1.08. The third-order valence-corrected chi connectivity index (χ3v) is 6.11. The highest BCUT2D eigenvalue weighted by molar-refractivity contribution is 9.10. The van der Waals surface area contributed by atoms with Crippen molar-refractivity contribution in [1.29, 1.82) is 0 Å². The van der Waals surface area contributed by atoms with Crippen molar-refractivity contribution in [2.24, 2.45) is 5.73 Å². The quantitative estimate of drug-likeness (QED) is 0.584. The van der Waals surface area contributed by atoms with E-state index >= 15 is 0 Å². The van der Waals surface area contributed by atoms with Crippen molar-refractivity contribution in [3.63, 3.8) is 0 Å². The molecule has 1 fully saturated rings. The van der Waals surface area contributed by atoms with E-state index in [1.807, 2.05) is 6.07 Å². The van der Waals surface area contributed by atoms with Crippen molar-refractivity contribution in [1.82, 2.24) is 4.98 Å². The standard InChI is InChI=1S/C16H15BrClN3OS/c17-13-14-16(22-15(13)9-3-4-10(9)19)11(6-12(18)21-14)20-7-8-2-1-5-23-8/h1-2,5-6,9-10H,3-4,7,19H2,(H,20,21)/t9-,10-/m1/s1. The van der Waals surface area contributed by atoms with Crippen LogP contribution >= 0.6 is 38.9 Å². The van der Waals surface area contributed by atoms with E-state index < -0.39 is 0 Å². The zero-order valence-corrected chi connectivity index (χ0v) is 15.3. The van der Waals surface area contributed by atoms with Gasteiger partial charge < -0.3 is 15.5 Å². The minimum atomic E-state index is 0.157. The SMILES string of the molecule is N[C@@H]1CC[C@H]1c1oc2c(NCc3cccs3)cc(Cl)nc2c1Br. The average molecular weight is 413 g/mol. The fraction of sp³-hybridized carbons (Fsp3) is 0.312. The molecular formula is C16H15BrClN3OS. The molecule has 4 nitrogen and oxygen atoms in total. The van der Waals surface area contributed by atoms with Gasteiger partial charge in [0.2, 0.25) is 0 Å². The minimum Gasteiger partial charge on any atom is -0.456 e. The van der Waals surface area contributed by atoms with Crippen molar-refractivity contribution < 1.29 is 4.42 Å². The summed E-state index contributed by atoms with van der Waals surface area (Å²) in [6, 6.07) is 6.09. The molecule has 0 unspecified atom stereocenters. The molecule has 1 saturated carbocycles. The Bertz CT molecular complexity index is 849. The van der Waals surface area contributed by atoms with E-state index in [0.29, 0.717) is 5.15 Å². The van der Waals surface area contributed by atoms with Gasteiger partial charge >= 0.3 is 0 Å². The number of thiophene rings is 1. The Labute approximate surface area is 151 Å². The predicted molar refractivity (Wildman–Crippen MR) is 98.3 cm³/mol. The first-order chi connectivity index (χ1) is 11.1. The van der Waals surface area contributed by atoms with E-state index in [9.17, 15) is 0 Å². The van der Waals surface area contributed by atoms with Gasteiger partial charge in [0.15, 0.2) is 5.58 Å². The summed E-state index contributed by atoms with van der Waals surface area (Å²) in [5.41, 5.74) is 8.43. The van der Waals surface area contributed by atoms with Crippen molar-refractivity contribution >= 4 is 55.7 Å². The molecule has 0 amide bonds. The third-order valence-electron chi connectivity index (χ3n) is 4.28. The number of pyridine rings is 1. The third kappa shape index (κ3) is 2.78. The molecule has 0 saturated heterocycles. The number of rotatable bonds is 4. The molecule has 0 bridgehead atoms. The molecule has 7 heteroatoms. The number of furan rings is 1. The summed E-state index contributed by atoms with van der Waals surface area (Å²) in [4.78, 5) is 5.66. The van der Waals surface area contributed by atoms with Crippen LogP contribution in [0.25, 0.3) is 11.1 Å². The summed E-state index contributed by atoms with van der Waals surface area (Å²) in [5.74, 6) is 1.13. The van der Waals surface area contributed by atoms with Gasteiger partial charge in [-0.3, -0.25) is 0 Å². The topological polar surface area (TPSA) is 64.1 Å². The number of aromatic nitrogens is 1. The second-order valence-corrected chi connectivity index (χ2v) is 7.94. The van der Waals surface area contributed by atoms with Gasteiger partial charge in [0.25, 0.3) is 0 Å². The monoisotopic (exact) mass is 411 g/mol. The van der Waals surface area contributed by atoms with E-state index in [4.69, 9.17) is 21.8 Å². The van der Waals surface area contributed by atoms with Crippen LogP contribution in [-0.4, -0.2) is 11.0 Å². The highest BCUT2D eigenvalue weighted by Crippen LogP contribution is 2.44. The summed E-state index contributed by atoms with van der Waals surface area (Å²) in [6.45, 7) is 0.726. The van der Waals surface area contributed by atoms with Gasteiger partial charge in [-0.05, 0) is 40.2 Å². The summed E-state index contributed by atoms with van der Waals surface area (Å²) in [6.07, 6.45) is 2.08. The van der Waals surface area contributed by atoms with Crippen molar-refractivity contribution in [2.45, 2.75) is 31.3 Å². The molecule has 4 rings (SSSR count). The number of hydrogen-bond acceptors (Lipinski definition) is 5. The first kappa shape index (κ1) is 15.4. The lowest BCUT2D eigenvalue weighted by molar-refractivity contribution is 0.301. The Morgan fingerprint density at radius 3 is 3.00 bits per heavy atom. The second-order valence-electron chi connectivity index (χ2n) is 5.73. The van der Waals surface area contributed by atoms with Crippen LogP contribution in [0.1, 0.15) is 29.4 Å². The zero-order chi connectivity index (χ0) is 16.0. The number of anilines is 1. The molecule has 2 atom stereocenters. The Balaban J connectivity index is 1.73. The molecule has 0 aliphatic heterocycles. The molecule has 0 spiro atoms. The van der Waals surface area contributed by atoms with Crippen LogP contribution in [0.3, 0.4) is 0 Å². The lowest BCUT2D eigenvalue weighted by atomic mass is 9.79. The molecule has 3 aromatic heterocycles. The van der Waals surface area contributed by atoms with Crippen LogP contribution in [0.2, 0.25) is 5.15 Å². The maximum absolute atomic E-state index is 6.19. The van der Waals surface area contributed by atoms with Gasteiger partial charge in [-0.1, -0.05) is 17.7 Å². The van der Waals surface area contributed by atoms with Gasteiger partial charge in [-0.25, -0.2) is 4.98 Å². The minimum absolute atomic E-state index is 0.157. The summed E-state index contributed by atoms with van der Waals surface area (Å²) >= 11 is 11.5. The number of hydrogen-bond donors (Lipinski definition) is 2. The van der Waals surface area contributed by atoms with Crippen LogP contribution in [0.15, 0.2) is 32.5 Å². The van der Waals surface area contributed by atoms with E-state index in [0.717, 1.165) is 46.4 Å². The lowest BCUT2D eigenvalue weighted by Gasteiger charge is -2.31. The van der Waals surface area contributed by atoms with Gasteiger partial charge in [-0.2, -0.15) is 0 Å². The van der Waals surface area contributed by atoms with E-state index in [1.165, 1.54) is 4.88 Å². The molecule has 1 aliphatic rings. The fourth-order valence-electron chi connectivity index (χ4n) is 2.84. The number of nitrogens with one attached hydrogen (secondary N) is 1. The van der Waals surface area contributed by atoms with Crippen molar-refractivity contribution in [3.8, 4) is 0 Å². The van der Waals surface area contributed by atoms with E-state index in [-0.39, 0.29) is 12.0 Å². The molecule has 1 aliphatic carbocycles. The maximum atomic E-state index is 6.19. The smallest absolute Gasteiger partial charge is 0.177 e. The Morgan fingerprint density at radius 1 is 1.48 bits per heavy atom. The van der Waals surface area contributed by atoms with Gasteiger partial charge in [0.1, 0.15) is 16.4 Å². The molecule has 3 heterocycles. The largest absolute Gasteiger partial charge is 0.456 e. The van der Waals surface area contributed by atoms with E-state index in [1.54, 1.807) is 17.4 Å².